The number of amides is 1. The highest BCUT2D eigenvalue weighted by atomic mass is 19.1. The minimum Gasteiger partial charge on any atom is -0.396 e. The first-order chi connectivity index (χ1) is 10.7. The molecule has 22 heavy (non-hydrogen) atoms. The number of aliphatic hydroxyl groups excluding tert-OH is 1. The normalized spacial score (nSPS) is 10.3. The minimum absolute atomic E-state index is 0.129. The van der Waals surface area contributed by atoms with Gasteiger partial charge >= 0.3 is 0 Å². The maximum atomic E-state index is 12.8. The van der Waals surface area contributed by atoms with Gasteiger partial charge in [0.1, 0.15) is 11.6 Å². The molecule has 1 aromatic heterocycles. The second-order valence-corrected chi connectivity index (χ2v) is 4.79. The largest absolute Gasteiger partial charge is 0.396 e. The fraction of sp³-hybridized carbons (Fsp3) is 0.250. The molecule has 3 N–H and O–H groups in total. The van der Waals surface area contributed by atoms with Crippen LogP contribution in [0.25, 0.3) is 0 Å². The summed E-state index contributed by atoms with van der Waals surface area (Å²) in [7, 11) is 0. The third-order valence-corrected chi connectivity index (χ3v) is 2.97. The number of hydrogen-bond acceptors (Lipinski definition) is 4. The number of aliphatic hydroxyl groups is 1. The number of benzene rings is 1. The molecule has 0 atom stereocenters. The van der Waals surface area contributed by atoms with Crippen LogP contribution in [0, 0.1) is 5.82 Å². The molecule has 2 rings (SSSR count). The number of nitrogens with one attached hydrogen (secondary N) is 2. The highest BCUT2D eigenvalue weighted by Gasteiger charge is 2.05. The Balaban J connectivity index is 1.84. The molecule has 0 saturated carbocycles. The number of carbonyl (C=O) groups is 1. The number of hydrogen-bond donors (Lipinski definition) is 3. The SMILES string of the molecule is O=C(Cc1ccc(F)cc1)Nc1ccc(NCCCO)nc1. The van der Waals surface area contributed by atoms with Crippen molar-refractivity contribution < 1.29 is 14.3 Å². The summed E-state index contributed by atoms with van der Waals surface area (Å²) in [4.78, 5) is 16.1. The Bertz CT molecular complexity index is 600. The smallest absolute Gasteiger partial charge is 0.228 e. The third-order valence-electron chi connectivity index (χ3n) is 2.97. The van der Waals surface area contributed by atoms with E-state index in [0.717, 1.165) is 5.56 Å². The lowest BCUT2D eigenvalue weighted by Crippen LogP contribution is -2.14. The van der Waals surface area contributed by atoms with Gasteiger partial charge in [-0.2, -0.15) is 0 Å². The van der Waals surface area contributed by atoms with Gasteiger partial charge in [-0.05, 0) is 36.2 Å². The highest BCUT2D eigenvalue weighted by Crippen LogP contribution is 2.11. The van der Waals surface area contributed by atoms with Crippen molar-refractivity contribution in [1.29, 1.82) is 0 Å². The van der Waals surface area contributed by atoms with Crippen molar-refractivity contribution in [3.8, 4) is 0 Å². The van der Waals surface area contributed by atoms with Gasteiger partial charge in [-0.15, -0.1) is 0 Å². The Kier molecular flexibility index (Phi) is 5.85. The average Bonchev–Trinajstić information content (AvgIpc) is 2.51. The monoisotopic (exact) mass is 303 g/mol. The van der Waals surface area contributed by atoms with Crippen LogP contribution in [0.4, 0.5) is 15.9 Å². The molecule has 0 unspecified atom stereocenters. The molecule has 0 radical (unpaired) electrons. The van der Waals surface area contributed by atoms with Crippen LogP contribution in [0.5, 0.6) is 0 Å². The molecule has 0 fully saturated rings. The van der Waals surface area contributed by atoms with E-state index in [4.69, 9.17) is 5.11 Å². The van der Waals surface area contributed by atoms with E-state index in [0.29, 0.717) is 24.5 Å². The Morgan fingerprint density at radius 1 is 1.18 bits per heavy atom. The van der Waals surface area contributed by atoms with E-state index in [2.05, 4.69) is 15.6 Å². The zero-order chi connectivity index (χ0) is 15.8. The summed E-state index contributed by atoms with van der Waals surface area (Å²) in [6.07, 6.45) is 2.39. The Morgan fingerprint density at radius 3 is 2.59 bits per heavy atom. The molecule has 0 aliphatic carbocycles. The van der Waals surface area contributed by atoms with Gasteiger partial charge in [0, 0.05) is 13.2 Å². The number of pyridine rings is 1. The molecule has 1 aromatic carbocycles. The quantitative estimate of drug-likeness (QED) is 0.686. The van der Waals surface area contributed by atoms with E-state index in [1.54, 1.807) is 30.5 Å². The molecule has 6 heteroatoms. The zero-order valence-corrected chi connectivity index (χ0v) is 12.1. The van der Waals surface area contributed by atoms with Crippen LogP contribution in [0.3, 0.4) is 0 Å². The lowest BCUT2D eigenvalue weighted by atomic mass is 10.1. The van der Waals surface area contributed by atoms with E-state index in [1.807, 2.05) is 0 Å². The number of rotatable bonds is 7. The topological polar surface area (TPSA) is 74.2 Å². The predicted molar refractivity (Wildman–Crippen MR) is 83.2 cm³/mol. The summed E-state index contributed by atoms with van der Waals surface area (Å²) in [5.41, 5.74) is 1.34. The number of nitrogens with zero attached hydrogens (tertiary/aromatic N) is 1. The van der Waals surface area contributed by atoms with Crippen molar-refractivity contribution in [2.45, 2.75) is 12.8 Å². The van der Waals surface area contributed by atoms with Crippen molar-refractivity contribution in [1.82, 2.24) is 4.98 Å². The van der Waals surface area contributed by atoms with Gasteiger partial charge in [0.05, 0.1) is 18.3 Å². The molecule has 0 spiro atoms. The summed E-state index contributed by atoms with van der Waals surface area (Å²) in [5, 5.41) is 14.5. The maximum Gasteiger partial charge on any atom is 0.228 e. The second-order valence-electron chi connectivity index (χ2n) is 4.79. The van der Waals surface area contributed by atoms with Crippen LogP contribution in [-0.4, -0.2) is 29.1 Å². The third kappa shape index (κ3) is 5.14. The van der Waals surface area contributed by atoms with Gasteiger partial charge in [-0.1, -0.05) is 12.1 Å². The lowest BCUT2D eigenvalue weighted by molar-refractivity contribution is -0.115. The Labute approximate surface area is 128 Å². The van der Waals surface area contributed by atoms with E-state index in [-0.39, 0.29) is 24.8 Å². The minimum atomic E-state index is -0.322. The summed E-state index contributed by atoms with van der Waals surface area (Å²) in [6.45, 7) is 0.768. The van der Waals surface area contributed by atoms with Gasteiger partial charge in [0.25, 0.3) is 0 Å². The summed E-state index contributed by atoms with van der Waals surface area (Å²) < 4.78 is 12.8. The molecule has 0 aliphatic rings. The summed E-state index contributed by atoms with van der Waals surface area (Å²) in [6, 6.07) is 9.33. The van der Waals surface area contributed by atoms with Crippen LogP contribution < -0.4 is 10.6 Å². The van der Waals surface area contributed by atoms with Crippen molar-refractivity contribution in [2.75, 3.05) is 23.8 Å². The average molecular weight is 303 g/mol. The van der Waals surface area contributed by atoms with Crippen molar-refractivity contribution >= 4 is 17.4 Å². The molecule has 0 saturated heterocycles. The van der Waals surface area contributed by atoms with Crippen molar-refractivity contribution in [2.24, 2.45) is 0 Å². The van der Waals surface area contributed by atoms with E-state index < -0.39 is 0 Å². The summed E-state index contributed by atoms with van der Waals surface area (Å²) >= 11 is 0. The highest BCUT2D eigenvalue weighted by molar-refractivity contribution is 5.92. The molecule has 1 heterocycles. The first-order valence-corrected chi connectivity index (χ1v) is 7.02. The maximum absolute atomic E-state index is 12.8. The van der Waals surface area contributed by atoms with Crippen molar-refractivity contribution in [3.63, 3.8) is 0 Å². The molecular weight excluding hydrogens is 285 g/mol. The lowest BCUT2D eigenvalue weighted by Gasteiger charge is -2.07. The first-order valence-electron chi connectivity index (χ1n) is 7.02. The fourth-order valence-electron chi connectivity index (χ4n) is 1.86. The van der Waals surface area contributed by atoms with Gasteiger partial charge in [0.2, 0.25) is 5.91 Å². The molecule has 2 aromatic rings. The number of anilines is 2. The molecular formula is C16H18FN3O2. The number of halogens is 1. The first kappa shape index (κ1) is 15.9. The van der Waals surface area contributed by atoms with Gasteiger partial charge < -0.3 is 15.7 Å². The molecule has 0 aliphatic heterocycles. The summed E-state index contributed by atoms with van der Waals surface area (Å²) in [5.74, 6) is 0.178. The van der Waals surface area contributed by atoms with Gasteiger partial charge in [0.15, 0.2) is 0 Å². The molecule has 0 bridgehead atoms. The van der Waals surface area contributed by atoms with E-state index >= 15 is 0 Å². The molecule has 5 nitrogen and oxygen atoms in total. The van der Waals surface area contributed by atoms with Crippen LogP contribution in [-0.2, 0) is 11.2 Å². The molecule has 116 valence electrons. The van der Waals surface area contributed by atoms with Crippen molar-refractivity contribution in [3.05, 3.63) is 54.0 Å². The standard InChI is InChI=1S/C16H18FN3O2/c17-13-4-2-12(3-5-13)10-16(22)20-14-6-7-15(19-11-14)18-8-1-9-21/h2-7,11,21H,1,8-10H2,(H,18,19)(H,20,22). The number of aromatic nitrogens is 1. The Hall–Kier alpha value is -2.47. The van der Waals surface area contributed by atoms with Crippen LogP contribution in [0.2, 0.25) is 0 Å². The molecule has 1 amide bonds. The predicted octanol–water partition coefficient (Wildman–Crippen LogP) is 2.20. The van der Waals surface area contributed by atoms with Gasteiger partial charge in [-0.25, -0.2) is 9.37 Å². The Morgan fingerprint density at radius 2 is 1.95 bits per heavy atom. The fourth-order valence-corrected chi connectivity index (χ4v) is 1.86. The number of carbonyl (C=O) groups excluding carboxylic acids is 1. The van der Waals surface area contributed by atoms with Crippen LogP contribution in [0.1, 0.15) is 12.0 Å². The van der Waals surface area contributed by atoms with Crippen LogP contribution >= 0.6 is 0 Å². The van der Waals surface area contributed by atoms with E-state index in [1.165, 1.54) is 12.1 Å². The second kappa shape index (κ2) is 8.09. The van der Waals surface area contributed by atoms with Crippen LogP contribution in [0.15, 0.2) is 42.6 Å². The van der Waals surface area contributed by atoms with Gasteiger partial charge in [-0.3, -0.25) is 4.79 Å². The zero-order valence-electron chi connectivity index (χ0n) is 12.1. The van der Waals surface area contributed by atoms with E-state index in [9.17, 15) is 9.18 Å².